The summed E-state index contributed by atoms with van der Waals surface area (Å²) in [6.45, 7) is 6.47. The average Bonchev–Trinajstić information content (AvgIpc) is 2.42. The number of carbonyl (C=O) groups is 2. The van der Waals surface area contributed by atoms with Crippen molar-refractivity contribution >= 4 is 11.9 Å². The molecule has 4 nitrogen and oxygen atoms in total. The van der Waals surface area contributed by atoms with Crippen molar-refractivity contribution < 1.29 is 14.7 Å². The highest BCUT2D eigenvalue weighted by molar-refractivity contribution is 5.79. The highest BCUT2D eigenvalue weighted by atomic mass is 16.4. The van der Waals surface area contributed by atoms with E-state index in [4.69, 9.17) is 5.11 Å². The van der Waals surface area contributed by atoms with Gasteiger partial charge in [-0.05, 0) is 43.9 Å². The molecule has 1 unspecified atom stereocenters. The Hall–Kier alpha value is -1.06. The Morgan fingerprint density at radius 1 is 1.20 bits per heavy atom. The van der Waals surface area contributed by atoms with E-state index in [9.17, 15) is 9.59 Å². The molecule has 0 spiro atoms. The first-order chi connectivity index (χ1) is 9.43. The van der Waals surface area contributed by atoms with Gasteiger partial charge in [-0.15, -0.1) is 0 Å². The lowest BCUT2D eigenvalue weighted by Crippen LogP contribution is -2.38. The van der Waals surface area contributed by atoms with Gasteiger partial charge in [-0.3, -0.25) is 9.59 Å². The molecular formula is C16H29NO3. The second-order valence-corrected chi connectivity index (χ2v) is 6.54. The summed E-state index contributed by atoms with van der Waals surface area (Å²) in [6.07, 6.45) is 5.96. The lowest BCUT2D eigenvalue weighted by molar-refractivity contribution is -0.142. The van der Waals surface area contributed by atoms with E-state index in [0.717, 1.165) is 31.6 Å². The van der Waals surface area contributed by atoms with Crippen LogP contribution in [0.5, 0.6) is 0 Å². The van der Waals surface area contributed by atoms with Crippen molar-refractivity contribution in [2.45, 2.75) is 59.3 Å². The predicted octanol–water partition coefficient (Wildman–Crippen LogP) is 3.07. The Bertz CT molecular complexity index is 320. The topological polar surface area (TPSA) is 66.4 Å². The number of carboxylic acids is 1. The zero-order chi connectivity index (χ0) is 15.1. The smallest absolute Gasteiger partial charge is 0.308 e. The van der Waals surface area contributed by atoms with Gasteiger partial charge in [0.15, 0.2) is 0 Å². The molecule has 1 fully saturated rings. The number of aliphatic carboxylic acids is 1. The van der Waals surface area contributed by atoms with Crippen molar-refractivity contribution in [2.75, 3.05) is 6.54 Å². The minimum Gasteiger partial charge on any atom is -0.481 e. The molecule has 0 aromatic carbocycles. The number of hydrogen-bond donors (Lipinski definition) is 2. The third-order valence-corrected chi connectivity index (χ3v) is 4.42. The quantitative estimate of drug-likeness (QED) is 0.754. The largest absolute Gasteiger partial charge is 0.481 e. The number of rotatable bonds is 7. The molecule has 1 atom stereocenters. The molecule has 1 aliphatic carbocycles. The number of nitrogens with one attached hydrogen (secondary N) is 1. The lowest BCUT2D eigenvalue weighted by atomic mass is 9.80. The van der Waals surface area contributed by atoms with Crippen LogP contribution in [0.15, 0.2) is 0 Å². The van der Waals surface area contributed by atoms with Crippen LogP contribution in [0.4, 0.5) is 0 Å². The fraction of sp³-hybridized carbons (Fsp3) is 0.875. The predicted molar refractivity (Wildman–Crippen MR) is 79.3 cm³/mol. The molecule has 0 saturated heterocycles. The summed E-state index contributed by atoms with van der Waals surface area (Å²) in [4.78, 5) is 23.3. The third-order valence-electron chi connectivity index (χ3n) is 4.42. The summed E-state index contributed by atoms with van der Waals surface area (Å²) in [7, 11) is 0. The summed E-state index contributed by atoms with van der Waals surface area (Å²) in [5, 5.41) is 12.0. The van der Waals surface area contributed by atoms with Gasteiger partial charge in [-0.1, -0.05) is 27.2 Å². The van der Waals surface area contributed by atoms with Crippen molar-refractivity contribution in [1.82, 2.24) is 5.32 Å². The minimum atomic E-state index is -0.811. The van der Waals surface area contributed by atoms with E-state index in [1.807, 2.05) is 13.8 Å². The molecule has 1 rings (SSSR count). The van der Waals surface area contributed by atoms with Crippen LogP contribution in [-0.4, -0.2) is 23.5 Å². The SMILES string of the molecule is CCC1CCC(C(=O)NCC(CC(C)C)C(=O)O)CC1. The van der Waals surface area contributed by atoms with Gasteiger partial charge in [-0.2, -0.15) is 0 Å². The van der Waals surface area contributed by atoms with Gasteiger partial charge in [-0.25, -0.2) is 0 Å². The third kappa shape index (κ3) is 5.51. The van der Waals surface area contributed by atoms with Crippen molar-refractivity contribution in [1.29, 1.82) is 0 Å². The number of carbonyl (C=O) groups excluding carboxylic acids is 1. The molecule has 0 heterocycles. The zero-order valence-corrected chi connectivity index (χ0v) is 13.0. The highest BCUT2D eigenvalue weighted by Crippen LogP contribution is 2.30. The molecule has 0 aromatic heterocycles. The number of carboxylic acid groups (broad SMARTS) is 1. The maximum atomic E-state index is 12.1. The molecule has 0 aromatic rings. The normalized spacial score (nSPS) is 24.4. The first kappa shape index (κ1) is 17.0. The summed E-state index contributed by atoms with van der Waals surface area (Å²) < 4.78 is 0. The summed E-state index contributed by atoms with van der Waals surface area (Å²) in [5.41, 5.74) is 0. The maximum Gasteiger partial charge on any atom is 0.308 e. The van der Waals surface area contributed by atoms with E-state index in [1.165, 1.54) is 6.42 Å². The fourth-order valence-corrected chi connectivity index (χ4v) is 3.04. The van der Waals surface area contributed by atoms with Gasteiger partial charge in [0.1, 0.15) is 0 Å². The summed E-state index contributed by atoms with van der Waals surface area (Å²) in [5.74, 6) is -0.0415. The van der Waals surface area contributed by atoms with Crippen LogP contribution in [0, 0.1) is 23.7 Å². The Labute approximate surface area is 122 Å². The summed E-state index contributed by atoms with van der Waals surface area (Å²) in [6, 6.07) is 0. The molecule has 4 heteroatoms. The van der Waals surface area contributed by atoms with Gasteiger partial charge in [0.25, 0.3) is 0 Å². The van der Waals surface area contributed by atoms with Crippen LogP contribution < -0.4 is 5.32 Å². The second-order valence-electron chi connectivity index (χ2n) is 6.54. The van der Waals surface area contributed by atoms with E-state index in [2.05, 4.69) is 12.2 Å². The van der Waals surface area contributed by atoms with Gasteiger partial charge < -0.3 is 10.4 Å². The van der Waals surface area contributed by atoms with Crippen LogP contribution in [0.25, 0.3) is 0 Å². The van der Waals surface area contributed by atoms with Crippen molar-refractivity contribution in [3.63, 3.8) is 0 Å². The molecule has 116 valence electrons. The second kappa shape index (κ2) is 8.28. The molecular weight excluding hydrogens is 254 g/mol. The molecule has 0 radical (unpaired) electrons. The number of hydrogen-bond acceptors (Lipinski definition) is 2. The van der Waals surface area contributed by atoms with Gasteiger partial charge >= 0.3 is 5.97 Å². The standard InChI is InChI=1S/C16H29NO3/c1-4-12-5-7-13(8-6-12)15(18)17-10-14(16(19)20)9-11(2)3/h11-14H,4-10H2,1-3H3,(H,17,18)(H,19,20). The first-order valence-electron chi connectivity index (χ1n) is 7.94. The highest BCUT2D eigenvalue weighted by Gasteiger charge is 2.26. The Balaban J connectivity index is 2.36. The number of amides is 1. The van der Waals surface area contributed by atoms with E-state index < -0.39 is 11.9 Å². The molecule has 20 heavy (non-hydrogen) atoms. The lowest BCUT2D eigenvalue weighted by Gasteiger charge is -2.27. The molecule has 1 aliphatic rings. The van der Waals surface area contributed by atoms with Crippen LogP contribution >= 0.6 is 0 Å². The Kier molecular flexibility index (Phi) is 7.03. The van der Waals surface area contributed by atoms with Crippen LogP contribution in [-0.2, 0) is 9.59 Å². The van der Waals surface area contributed by atoms with Gasteiger partial charge in [0.2, 0.25) is 5.91 Å². The van der Waals surface area contributed by atoms with E-state index >= 15 is 0 Å². The van der Waals surface area contributed by atoms with E-state index in [0.29, 0.717) is 12.3 Å². The maximum absolute atomic E-state index is 12.1. The minimum absolute atomic E-state index is 0.0505. The Morgan fingerprint density at radius 3 is 2.25 bits per heavy atom. The molecule has 1 saturated carbocycles. The van der Waals surface area contributed by atoms with Crippen LogP contribution in [0.1, 0.15) is 59.3 Å². The summed E-state index contributed by atoms with van der Waals surface area (Å²) >= 11 is 0. The molecule has 2 N–H and O–H groups in total. The van der Waals surface area contributed by atoms with Crippen LogP contribution in [0.2, 0.25) is 0 Å². The van der Waals surface area contributed by atoms with Gasteiger partial charge in [0, 0.05) is 12.5 Å². The molecule has 0 aliphatic heterocycles. The van der Waals surface area contributed by atoms with Gasteiger partial charge in [0.05, 0.1) is 5.92 Å². The van der Waals surface area contributed by atoms with E-state index in [-0.39, 0.29) is 18.4 Å². The van der Waals surface area contributed by atoms with Crippen molar-refractivity contribution in [3.05, 3.63) is 0 Å². The monoisotopic (exact) mass is 283 g/mol. The fourth-order valence-electron chi connectivity index (χ4n) is 3.04. The Morgan fingerprint density at radius 2 is 1.80 bits per heavy atom. The molecule has 0 bridgehead atoms. The van der Waals surface area contributed by atoms with Crippen molar-refractivity contribution in [3.8, 4) is 0 Å². The first-order valence-corrected chi connectivity index (χ1v) is 7.94. The zero-order valence-electron chi connectivity index (χ0n) is 13.0. The van der Waals surface area contributed by atoms with Crippen LogP contribution in [0.3, 0.4) is 0 Å². The van der Waals surface area contributed by atoms with E-state index in [1.54, 1.807) is 0 Å². The average molecular weight is 283 g/mol. The molecule has 1 amide bonds. The van der Waals surface area contributed by atoms with Crippen molar-refractivity contribution in [2.24, 2.45) is 23.7 Å².